The van der Waals surface area contributed by atoms with Crippen molar-refractivity contribution in [2.24, 2.45) is 0 Å². The van der Waals surface area contributed by atoms with Crippen molar-refractivity contribution in [1.29, 1.82) is 0 Å². The molecule has 0 aliphatic carbocycles. The van der Waals surface area contributed by atoms with Crippen LogP contribution >= 0.6 is 0 Å². The van der Waals surface area contributed by atoms with Gasteiger partial charge in [0.15, 0.2) is 6.61 Å². The van der Waals surface area contributed by atoms with E-state index in [1.165, 1.54) is 11.1 Å². The SMILES string of the molecule is Cc1ccc(CNC(=O)COc2ccc(C(C)(C)C)cc2C(C)(C)C)cc1. The summed E-state index contributed by atoms with van der Waals surface area (Å²) in [4.78, 5) is 12.2. The van der Waals surface area contributed by atoms with E-state index in [-0.39, 0.29) is 23.3 Å². The normalized spacial score (nSPS) is 12.0. The van der Waals surface area contributed by atoms with Crippen LogP contribution in [-0.2, 0) is 22.2 Å². The number of carbonyl (C=O) groups excluding carboxylic acids is 1. The van der Waals surface area contributed by atoms with Crippen LogP contribution in [-0.4, -0.2) is 12.5 Å². The molecule has 0 saturated carbocycles. The monoisotopic (exact) mass is 367 g/mol. The second kappa shape index (κ2) is 8.16. The minimum Gasteiger partial charge on any atom is -0.483 e. The third kappa shape index (κ3) is 6.13. The maximum Gasteiger partial charge on any atom is 0.258 e. The quantitative estimate of drug-likeness (QED) is 0.780. The molecular weight excluding hydrogens is 334 g/mol. The molecule has 0 spiro atoms. The van der Waals surface area contributed by atoms with Crippen LogP contribution in [0, 0.1) is 6.92 Å². The molecule has 27 heavy (non-hydrogen) atoms. The topological polar surface area (TPSA) is 38.3 Å². The lowest BCUT2D eigenvalue weighted by Crippen LogP contribution is -2.29. The largest absolute Gasteiger partial charge is 0.483 e. The highest BCUT2D eigenvalue weighted by molar-refractivity contribution is 5.77. The van der Waals surface area contributed by atoms with E-state index in [9.17, 15) is 4.79 Å². The summed E-state index contributed by atoms with van der Waals surface area (Å²) in [5.74, 6) is 0.663. The van der Waals surface area contributed by atoms with E-state index in [2.05, 4.69) is 59.0 Å². The van der Waals surface area contributed by atoms with Gasteiger partial charge >= 0.3 is 0 Å². The smallest absolute Gasteiger partial charge is 0.258 e. The summed E-state index contributed by atoms with van der Waals surface area (Å²) in [6, 6.07) is 14.4. The van der Waals surface area contributed by atoms with E-state index in [0.29, 0.717) is 6.54 Å². The highest BCUT2D eigenvalue weighted by Gasteiger charge is 2.23. The predicted molar refractivity (Wildman–Crippen MR) is 112 cm³/mol. The van der Waals surface area contributed by atoms with E-state index in [0.717, 1.165) is 16.9 Å². The molecule has 0 aliphatic rings. The maximum absolute atomic E-state index is 12.2. The fourth-order valence-electron chi connectivity index (χ4n) is 2.81. The van der Waals surface area contributed by atoms with Crippen molar-refractivity contribution >= 4 is 5.91 Å². The molecular formula is C24H33NO2. The number of nitrogens with one attached hydrogen (secondary N) is 1. The second-order valence-corrected chi connectivity index (χ2v) is 9.26. The number of carbonyl (C=O) groups is 1. The summed E-state index contributed by atoms with van der Waals surface area (Å²) in [6.07, 6.45) is 0. The highest BCUT2D eigenvalue weighted by Crippen LogP contribution is 2.35. The van der Waals surface area contributed by atoms with E-state index in [1.54, 1.807) is 0 Å². The van der Waals surface area contributed by atoms with Crippen LogP contribution in [0.1, 0.15) is 63.8 Å². The Labute approximate surface area is 164 Å². The summed E-state index contributed by atoms with van der Waals surface area (Å²) < 4.78 is 5.89. The van der Waals surface area contributed by atoms with Crippen LogP contribution in [0.25, 0.3) is 0 Å². The van der Waals surface area contributed by atoms with Crippen molar-refractivity contribution in [3.8, 4) is 5.75 Å². The van der Waals surface area contributed by atoms with Gasteiger partial charge in [-0.25, -0.2) is 0 Å². The van der Waals surface area contributed by atoms with Crippen LogP contribution in [0.2, 0.25) is 0 Å². The first-order valence-corrected chi connectivity index (χ1v) is 9.57. The van der Waals surface area contributed by atoms with Crippen LogP contribution in [0.3, 0.4) is 0 Å². The first-order chi connectivity index (χ1) is 12.5. The Bertz CT molecular complexity index is 778. The molecule has 0 radical (unpaired) electrons. The lowest BCUT2D eigenvalue weighted by atomic mass is 9.80. The van der Waals surface area contributed by atoms with Gasteiger partial charge in [0, 0.05) is 6.54 Å². The molecule has 0 atom stereocenters. The Hall–Kier alpha value is -2.29. The lowest BCUT2D eigenvalue weighted by Gasteiger charge is -2.27. The molecule has 0 fully saturated rings. The average Bonchev–Trinajstić information content (AvgIpc) is 2.57. The molecule has 0 unspecified atom stereocenters. The molecule has 0 saturated heterocycles. The molecule has 0 bridgehead atoms. The molecule has 0 aliphatic heterocycles. The van der Waals surface area contributed by atoms with Crippen LogP contribution in [0.15, 0.2) is 42.5 Å². The van der Waals surface area contributed by atoms with E-state index in [4.69, 9.17) is 4.74 Å². The van der Waals surface area contributed by atoms with Crippen molar-refractivity contribution < 1.29 is 9.53 Å². The van der Waals surface area contributed by atoms with E-state index >= 15 is 0 Å². The van der Waals surface area contributed by atoms with Crippen LogP contribution < -0.4 is 10.1 Å². The third-order valence-corrected chi connectivity index (χ3v) is 4.62. The van der Waals surface area contributed by atoms with E-state index in [1.807, 2.05) is 37.3 Å². The number of rotatable bonds is 5. The second-order valence-electron chi connectivity index (χ2n) is 9.26. The Morgan fingerprint density at radius 1 is 0.926 bits per heavy atom. The zero-order valence-corrected chi connectivity index (χ0v) is 17.8. The van der Waals surface area contributed by atoms with Crippen LogP contribution in [0.5, 0.6) is 5.75 Å². The zero-order valence-electron chi connectivity index (χ0n) is 17.8. The lowest BCUT2D eigenvalue weighted by molar-refractivity contribution is -0.123. The molecule has 1 amide bonds. The van der Waals surface area contributed by atoms with Gasteiger partial charge in [0.1, 0.15) is 5.75 Å². The minimum atomic E-state index is -0.115. The minimum absolute atomic E-state index is 0.0177. The zero-order chi connectivity index (χ0) is 20.2. The van der Waals surface area contributed by atoms with Crippen molar-refractivity contribution in [2.45, 2.75) is 65.8 Å². The van der Waals surface area contributed by atoms with E-state index < -0.39 is 0 Å². The maximum atomic E-state index is 12.2. The molecule has 2 aromatic rings. The van der Waals surface area contributed by atoms with Gasteiger partial charge in [-0.3, -0.25) is 4.79 Å². The van der Waals surface area contributed by atoms with Gasteiger partial charge in [0.05, 0.1) is 0 Å². The number of amides is 1. The van der Waals surface area contributed by atoms with Crippen molar-refractivity contribution in [1.82, 2.24) is 5.32 Å². The molecule has 1 N–H and O–H groups in total. The average molecular weight is 368 g/mol. The number of ether oxygens (including phenoxy) is 1. The fourth-order valence-corrected chi connectivity index (χ4v) is 2.81. The fraction of sp³-hybridized carbons (Fsp3) is 0.458. The Morgan fingerprint density at radius 3 is 2.11 bits per heavy atom. The standard InChI is InChI=1S/C24H33NO2/c1-17-8-10-18(11-9-17)15-25-22(26)16-27-21-13-12-19(23(2,3)4)14-20(21)24(5,6)7/h8-14H,15-16H2,1-7H3,(H,25,26). The van der Waals surface area contributed by atoms with Crippen molar-refractivity contribution in [3.05, 3.63) is 64.7 Å². The molecule has 146 valence electrons. The molecule has 2 rings (SSSR count). The molecule has 0 heterocycles. The molecule has 3 nitrogen and oxygen atoms in total. The Kier molecular flexibility index (Phi) is 6.35. The summed E-state index contributed by atoms with van der Waals surface area (Å²) in [6.45, 7) is 15.7. The van der Waals surface area contributed by atoms with Gasteiger partial charge in [-0.05, 0) is 40.5 Å². The molecule has 2 aromatic carbocycles. The van der Waals surface area contributed by atoms with Crippen molar-refractivity contribution in [2.75, 3.05) is 6.61 Å². The third-order valence-electron chi connectivity index (χ3n) is 4.62. The number of benzene rings is 2. The van der Waals surface area contributed by atoms with Gasteiger partial charge < -0.3 is 10.1 Å². The number of hydrogen-bond donors (Lipinski definition) is 1. The van der Waals surface area contributed by atoms with Gasteiger partial charge in [0.25, 0.3) is 5.91 Å². The highest BCUT2D eigenvalue weighted by atomic mass is 16.5. The van der Waals surface area contributed by atoms with Crippen molar-refractivity contribution in [3.63, 3.8) is 0 Å². The first-order valence-electron chi connectivity index (χ1n) is 9.57. The first kappa shape index (κ1) is 21.0. The summed E-state index contributed by atoms with van der Waals surface area (Å²) in [5, 5.41) is 2.92. The molecule has 0 aromatic heterocycles. The van der Waals surface area contributed by atoms with Gasteiger partial charge in [-0.1, -0.05) is 83.5 Å². The number of aryl methyl sites for hydroxylation is 1. The summed E-state index contributed by atoms with van der Waals surface area (Å²) >= 11 is 0. The van der Waals surface area contributed by atoms with Gasteiger partial charge in [-0.2, -0.15) is 0 Å². The van der Waals surface area contributed by atoms with Gasteiger partial charge in [0.2, 0.25) is 0 Å². The predicted octanol–water partition coefficient (Wildman–Crippen LogP) is 5.29. The number of hydrogen-bond acceptors (Lipinski definition) is 2. The van der Waals surface area contributed by atoms with Gasteiger partial charge in [-0.15, -0.1) is 0 Å². The summed E-state index contributed by atoms with van der Waals surface area (Å²) in [7, 11) is 0. The van der Waals surface area contributed by atoms with Crippen LogP contribution in [0.4, 0.5) is 0 Å². The Balaban J connectivity index is 2.03. The Morgan fingerprint density at radius 2 is 1.56 bits per heavy atom. The summed E-state index contributed by atoms with van der Waals surface area (Å²) in [5.41, 5.74) is 4.70. The molecule has 3 heteroatoms.